The molecule has 1 aromatic rings. The number of hydrogen-bond donors (Lipinski definition) is 1. The molecule has 0 amide bonds. The Morgan fingerprint density at radius 1 is 1.73 bits per heavy atom. The lowest BCUT2D eigenvalue weighted by atomic mass is 10.0. The molecule has 0 aliphatic heterocycles. The molecule has 0 radical (unpaired) electrons. The van der Waals surface area contributed by atoms with E-state index in [4.69, 9.17) is 5.73 Å². The largest absolute Gasteiger partial charge is 0.389 e. The summed E-state index contributed by atoms with van der Waals surface area (Å²) in [4.78, 5) is 4.23. The number of nitrogens with two attached hydrogens (primary N) is 1. The van der Waals surface area contributed by atoms with Crippen LogP contribution < -0.4 is 5.73 Å². The van der Waals surface area contributed by atoms with E-state index in [1.54, 1.807) is 0 Å². The van der Waals surface area contributed by atoms with Crippen molar-refractivity contribution in [2.45, 2.75) is 32.6 Å². The molecule has 0 fully saturated rings. The van der Waals surface area contributed by atoms with Crippen LogP contribution in [0.3, 0.4) is 0 Å². The summed E-state index contributed by atoms with van der Waals surface area (Å²) in [6.45, 7) is 4.36. The van der Waals surface area contributed by atoms with Crippen molar-refractivity contribution in [2.24, 2.45) is 0 Å². The summed E-state index contributed by atoms with van der Waals surface area (Å²) in [5.41, 5.74) is 8.62. The first-order chi connectivity index (χ1) is 5.25. The van der Waals surface area contributed by atoms with Gasteiger partial charge in [0, 0.05) is 5.92 Å². The molecular formula is C8H14N2S. The minimum atomic E-state index is 0.520. The number of aromatic nitrogens is 1. The standard InChI is InChI=1S/C8H14N2S/c1-3-4-6(2)7-8(9)11-5-10-7/h5-6H,3-4,9H2,1-2H3. The number of nitrogen functional groups attached to an aromatic ring is 1. The molecule has 3 heteroatoms. The van der Waals surface area contributed by atoms with Crippen LogP contribution >= 0.6 is 11.3 Å². The summed E-state index contributed by atoms with van der Waals surface area (Å²) < 4.78 is 0. The van der Waals surface area contributed by atoms with Crippen molar-refractivity contribution < 1.29 is 0 Å². The lowest BCUT2D eigenvalue weighted by molar-refractivity contribution is 0.653. The highest BCUT2D eigenvalue weighted by molar-refractivity contribution is 7.13. The van der Waals surface area contributed by atoms with Crippen LogP contribution in [0.1, 0.15) is 38.3 Å². The molecule has 2 nitrogen and oxygen atoms in total. The van der Waals surface area contributed by atoms with E-state index in [0.29, 0.717) is 5.92 Å². The molecule has 1 unspecified atom stereocenters. The number of nitrogens with zero attached hydrogens (tertiary/aromatic N) is 1. The van der Waals surface area contributed by atoms with Crippen molar-refractivity contribution in [3.05, 3.63) is 11.2 Å². The first-order valence-corrected chi connectivity index (χ1v) is 4.82. The zero-order chi connectivity index (χ0) is 8.27. The molecular weight excluding hydrogens is 156 g/mol. The molecule has 1 rings (SSSR count). The second kappa shape index (κ2) is 3.72. The van der Waals surface area contributed by atoms with Gasteiger partial charge in [-0.15, -0.1) is 11.3 Å². The highest BCUT2D eigenvalue weighted by Crippen LogP contribution is 2.26. The summed E-state index contributed by atoms with van der Waals surface area (Å²) in [5.74, 6) is 0.520. The third-order valence-corrected chi connectivity index (χ3v) is 2.49. The van der Waals surface area contributed by atoms with Gasteiger partial charge in [0.1, 0.15) is 5.00 Å². The van der Waals surface area contributed by atoms with Crippen molar-refractivity contribution >= 4 is 16.3 Å². The van der Waals surface area contributed by atoms with Gasteiger partial charge in [0.25, 0.3) is 0 Å². The third-order valence-electron chi connectivity index (χ3n) is 1.81. The Bertz CT molecular complexity index is 220. The van der Waals surface area contributed by atoms with Crippen molar-refractivity contribution in [3.63, 3.8) is 0 Å². The van der Waals surface area contributed by atoms with Crippen LogP contribution in [0.15, 0.2) is 5.51 Å². The lowest BCUT2D eigenvalue weighted by Crippen LogP contribution is -1.96. The number of thiazole rings is 1. The zero-order valence-electron chi connectivity index (χ0n) is 7.00. The van der Waals surface area contributed by atoms with Crippen molar-refractivity contribution in [1.29, 1.82) is 0 Å². The minimum Gasteiger partial charge on any atom is -0.389 e. The Morgan fingerprint density at radius 2 is 2.45 bits per heavy atom. The molecule has 2 N–H and O–H groups in total. The van der Waals surface area contributed by atoms with E-state index in [2.05, 4.69) is 18.8 Å². The van der Waals surface area contributed by atoms with Crippen LogP contribution in [-0.2, 0) is 0 Å². The fourth-order valence-corrected chi connectivity index (χ4v) is 1.86. The average molecular weight is 170 g/mol. The van der Waals surface area contributed by atoms with Crippen LogP contribution in [0.25, 0.3) is 0 Å². The monoisotopic (exact) mass is 170 g/mol. The smallest absolute Gasteiger partial charge is 0.109 e. The van der Waals surface area contributed by atoms with E-state index in [1.165, 1.54) is 24.2 Å². The van der Waals surface area contributed by atoms with Gasteiger partial charge >= 0.3 is 0 Å². The number of rotatable bonds is 3. The topological polar surface area (TPSA) is 38.9 Å². The molecule has 1 atom stereocenters. The van der Waals surface area contributed by atoms with Gasteiger partial charge in [0.05, 0.1) is 11.2 Å². The molecule has 11 heavy (non-hydrogen) atoms. The number of hydrogen-bond acceptors (Lipinski definition) is 3. The van der Waals surface area contributed by atoms with Gasteiger partial charge < -0.3 is 5.73 Å². The van der Waals surface area contributed by atoms with E-state index in [0.717, 1.165) is 10.7 Å². The van der Waals surface area contributed by atoms with Gasteiger partial charge in [-0.05, 0) is 6.42 Å². The molecule has 0 saturated carbocycles. The van der Waals surface area contributed by atoms with Crippen LogP contribution in [0.2, 0.25) is 0 Å². The normalized spacial score (nSPS) is 13.3. The Kier molecular flexibility index (Phi) is 2.88. The highest BCUT2D eigenvalue weighted by atomic mass is 32.1. The molecule has 1 aromatic heterocycles. The van der Waals surface area contributed by atoms with Crippen molar-refractivity contribution in [1.82, 2.24) is 4.98 Å². The maximum absolute atomic E-state index is 5.73. The van der Waals surface area contributed by atoms with Gasteiger partial charge in [0.2, 0.25) is 0 Å². The number of anilines is 1. The fourth-order valence-electron chi connectivity index (χ4n) is 1.20. The minimum absolute atomic E-state index is 0.520. The second-order valence-corrected chi connectivity index (χ2v) is 3.68. The summed E-state index contributed by atoms with van der Waals surface area (Å²) in [7, 11) is 0. The van der Waals surface area contributed by atoms with Gasteiger partial charge in [-0.2, -0.15) is 0 Å². The van der Waals surface area contributed by atoms with Gasteiger partial charge in [-0.3, -0.25) is 0 Å². The maximum atomic E-state index is 5.73. The third kappa shape index (κ3) is 1.93. The van der Waals surface area contributed by atoms with E-state index in [1.807, 2.05) is 5.51 Å². The Hall–Kier alpha value is -0.570. The van der Waals surface area contributed by atoms with Crippen LogP contribution in [0, 0.1) is 0 Å². The Morgan fingerprint density at radius 3 is 2.91 bits per heavy atom. The quantitative estimate of drug-likeness (QED) is 0.757. The highest BCUT2D eigenvalue weighted by Gasteiger charge is 2.09. The summed E-state index contributed by atoms with van der Waals surface area (Å²) in [6, 6.07) is 0. The molecule has 0 aliphatic rings. The van der Waals surface area contributed by atoms with E-state index in [9.17, 15) is 0 Å². The van der Waals surface area contributed by atoms with Gasteiger partial charge in [-0.25, -0.2) is 4.98 Å². The van der Waals surface area contributed by atoms with E-state index >= 15 is 0 Å². The van der Waals surface area contributed by atoms with Crippen molar-refractivity contribution in [2.75, 3.05) is 5.73 Å². The fraction of sp³-hybridized carbons (Fsp3) is 0.625. The molecule has 0 bridgehead atoms. The van der Waals surface area contributed by atoms with Crippen LogP contribution in [0.5, 0.6) is 0 Å². The summed E-state index contributed by atoms with van der Waals surface area (Å²) >= 11 is 1.53. The predicted octanol–water partition coefficient (Wildman–Crippen LogP) is 2.63. The molecule has 62 valence electrons. The SMILES string of the molecule is CCCC(C)c1ncsc1N. The molecule has 0 aliphatic carbocycles. The van der Waals surface area contributed by atoms with E-state index < -0.39 is 0 Å². The van der Waals surface area contributed by atoms with Gasteiger partial charge in [-0.1, -0.05) is 20.3 Å². The Balaban J connectivity index is 2.67. The second-order valence-electron chi connectivity index (χ2n) is 2.79. The zero-order valence-corrected chi connectivity index (χ0v) is 7.82. The summed E-state index contributed by atoms with van der Waals surface area (Å²) in [5, 5.41) is 0.881. The molecule has 0 saturated heterocycles. The first-order valence-electron chi connectivity index (χ1n) is 3.94. The lowest BCUT2D eigenvalue weighted by Gasteiger charge is -2.06. The average Bonchev–Trinajstić information content (AvgIpc) is 2.36. The predicted molar refractivity (Wildman–Crippen MR) is 49.8 cm³/mol. The molecule has 0 aromatic carbocycles. The summed E-state index contributed by atoms with van der Waals surface area (Å²) in [6.07, 6.45) is 2.37. The Labute approximate surface area is 71.5 Å². The first kappa shape index (κ1) is 8.53. The van der Waals surface area contributed by atoms with E-state index in [-0.39, 0.29) is 0 Å². The maximum Gasteiger partial charge on any atom is 0.109 e. The van der Waals surface area contributed by atoms with Crippen LogP contribution in [-0.4, -0.2) is 4.98 Å². The van der Waals surface area contributed by atoms with Gasteiger partial charge in [0.15, 0.2) is 0 Å². The molecule has 1 heterocycles. The van der Waals surface area contributed by atoms with Crippen LogP contribution in [0.4, 0.5) is 5.00 Å². The van der Waals surface area contributed by atoms with Crippen molar-refractivity contribution in [3.8, 4) is 0 Å². The molecule has 0 spiro atoms.